The van der Waals surface area contributed by atoms with Crippen LogP contribution in [0.15, 0.2) is 43.4 Å². The molecule has 28 heavy (non-hydrogen) atoms. The highest BCUT2D eigenvalue weighted by Crippen LogP contribution is 2.28. The van der Waals surface area contributed by atoms with Gasteiger partial charge in [-0.1, -0.05) is 48.8 Å². The van der Waals surface area contributed by atoms with E-state index in [0.717, 1.165) is 14.6 Å². The van der Waals surface area contributed by atoms with Gasteiger partial charge in [-0.05, 0) is 23.1 Å². The number of rotatable bonds is 4. The molecule has 8 heteroatoms. The Morgan fingerprint density at radius 1 is 1.04 bits per heavy atom. The highest BCUT2D eigenvalue weighted by atomic mass is 79.9. The summed E-state index contributed by atoms with van der Waals surface area (Å²) in [5.74, 6) is 1.31. The van der Waals surface area contributed by atoms with Crippen molar-refractivity contribution >= 4 is 38.7 Å². The summed E-state index contributed by atoms with van der Waals surface area (Å²) in [4.78, 5) is 34.5. The average molecular weight is 463 g/mol. The van der Waals surface area contributed by atoms with Crippen LogP contribution in [0.25, 0.3) is 11.0 Å². The molecule has 0 saturated heterocycles. The minimum absolute atomic E-state index is 0.0140. The summed E-state index contributed by atoms with van der Waals surface area (Å²) in [5, 5.41) is 1.01. The molecule has 0 atom stereocenters. The van der Waals surface area contributed by atoms with Crippen molar-refractivity contribution in [2.75, 3.05) is 0 Å². The molecule has 0 N–H and O–H groups in total. The molecule has 0 unspecified atom stereocenters. The normalized spacial score (nSPS) is 11.9. The highest BCUT2D eigenvalue weighted by molar-refractivity contribution is 9.10. The number of halogens is 1. The van der Waals surface area contributed by atoms with Crippen LogP contribution in [0.3, 0.4) is 0 Å². The molecule has 0 fully saturated rings. The Morgan fingerprint density at radius 3 is 2.29 bits per heavy atom. The predicted octanol–water partition coefficient (Wildman–Crippen LogP) is 3.67. The third-order valence-electron chi connectivity index (χ3n) is 4.29. The van der Waals surface area contributed by atoms with Gasteiger partial charge < -0.3 is 0 Å². The van der Waals surface area contributed by atoms with Crippen LogP contribution in [0, 0.1) is 5.41 Å². The Hall–Kier alpha value is -1.93. The molecule has 0 radical (unpaired) electrons. The van der Waals surface area contributed by atoms with E-state index in [2.05, 4.69) is 41.7 Å². The molecule has 148 valence electrons. The molecule has 6 nitrogen and oxygen atoms in total. The van der Waals surface area contributed by atoms with Crippen LogP contribution in [0.4, 0.5) is 0 Å². The molecular weight excluding hydrogens is 440 g/mol. The van der Waals surface area contributed by atoms with Gasteiger partial charge in [-0.15, -0.1) is 11.8 Å². The number of fused-ring (bicyclic) bond motifs is 1. The monoisotopic (exact) mass is 462 g/mol. The first-order chi connectivity index (χ1) is 13.1. The molecule has 0 aliphatic heterocycles. The van der Waals surface area contributed by atoms with Gasteiger partial charge in [0.05, 0.1) is 0 Å². The van der Waals surface area contributed by atoms with Crippen LogP contribution in [-0.2, 0) is 26.3 Å². The van der Waals surface area contributed by atoms with Crippen molar-refractivity contribution in [3.8, 4) is 0 Å². The van der Waals surface area contributed by atoms with E-state index >= 15 is 0 Å². The Bertz CT molecular complexity index is 1140. The summed E-state index contributed by atoms with van der Waals surface area (Å²) in [6.45, 7) is 6.33. The van der Waals surface area contributed by atoms with Crippen molar-refractivity contribution in [2.24, 2.45) is 19.5 Å². The summed E-state index contributed by atoms with van der Waals surface area (Å²) in [6.07, 6.45) is 0.651. The molecule has 3 rings (SSSR count). The van der Waals surface area contributed by atoms with Crippen molar-refractivity contribution in [3.05, 3.63) is 61.0 Å². The lowest BCUT2D eigenvalue weighted by Crippen LogP contribution is -2.38. The maximum Gasteiger partial charge on any atom is 0.332 e. The Balaban J connectivity index is 2.15. The van der Waals surface area contributed by atoms with E-state index in [4.69, 9.17) is 4.98 Å². The zero-order chi connectivity index (χ0) is 20.6. The molecule has 1 aromatic carbocycles. The van der Waals surface area contributed by atoms with Crippen LogP contribution >= 0.6 is 27.7 Å². The first-order valence-corrected chi connectivity index (χ1v) is 10.7. The van der Waals surface area contributed by atoms with E-state index in [1.54, 1.807) is 7.05 Å². The topological polar surface area (TPSA) is 69.8 Å². The lowest BCUT2D eigenvalue weighted by atomic mass is 9.92. The van der Waals surface area contributed by atoms with Crippen molar-refractivity contribution in [1.29, 1.82) is 0 Å². The number of aryl methyl sites for hydroxylation is 1. The van der Waals surface area contributed by atoms with Gasteiger partial charge in [0, 0.05) is 30.7 Å². The summed E-state index contributed by atoms with van der Waals surface area (Å²) >= 11 is 4.93. The first-order valence-electron chi connectivity index (χ1n) is 8.91. The van der Waals surface area contributed by atoms with E-state index < -0.39 is 0 Å². The average Bonchev–Trinajstić information content (AvgIpc) is 2.62. The Labute approximate surface area is 176 Å². The second-order valence-electron chi connectivity index (χ2n) is 8.00. The van der Waals surface area contributed by atoms with Crippen LogP contribution in [0.5, 0.6) is 0 Å². The minimum Gasteiger partial charge on any atom is -0.280 e. The van der Waals surface area contributed by atoms with Crippen LogP contribution < -0.4 is 11.2 Å². The molecule has 2 aromatic heterocycles. The van der Waals surface area contributed by atoms with E-state index in [1.807, 2.05) is 24.3 Å². The van der Waals surface area contributed by atoms with E-state index in [1.165, 1.54) is 23.4 Å². The van der Waals surface area contributed by atoms with E-state index in [9.17, 15) is 9.59 Å². The van der Waals surface area contributed by atoms with Gasteiger partial charge in [0.15, 0.2) is 5.65 Å². The van der Waals surface area contributed by atoms with Crippen molar-refractivity contribution in [3.63, 3.8) is 0 Å². The van der Waals surface area contributed by atoms with Gasteiger partial charge in [0.25, 0.3) is 5.56 Å². The molecule has 0 aliphatic rings. The second-order valence-corrected chi connectivity index (χ2v) is 9.88. The molecule has 0 amide bonds. The lowest BCUT2D eigenvalue weighted by molar-refractivity contribution is 0.399. The second kappa shape index (κ2) is 7.83. The maximum atomic E-state index is 12.8. The largest absolute Gasteiger partial charge is 0.332 e. The van der Waals surface area contributed by atoms with Gasteiger partial charge in [-0.25, -0.2) is 14.8 Å². The number of aromatic nitrogens is 4. The van der Waals surface area contributed by atoms with Crippen LogP contribution in [0.1, 0.15) is 32.2 Å². The zero-order valence-corrected chi connectivity index (χ0v) is 19.0. The number of hydrogen-bond donors (Lipinski definition) is 0. The van der Waals surface area contributed by atoms with Gasteiger partial charge in [-0.3, -0.25) is 13.9 Å². The van der Waals surface area contributed by atoms with E-state index in [0.29, 0.717) is 34.1 Å². The summed E-state index contributed by atoms with van der Waals surface area (Å²) in [6, 6.07) is 8.04. The lowest BCUT2D eigenvalue weighted by Gasteiger charge is -2.18. The SMILES string of the molecule is Cn1c(=O)c2c(SCc3ccc(Br)cc3)nc(CC(C)(C)C)nc2n(C)c1=O. The molecule has 3 aromatic rings. The molecule has 0 spiro atoms. The molecule has 0 bridgehead atoms. The zero-order valence-electron chi connectivity index (χ0n) is 16.6. The standard InChI is InChI=1S/C20H23BrN4O2S/c1-20(2,3)10-14-22-16-15(18(26)25(5)19(27)24(16)4)17(23-14)28-11-12-6-8-13(21)9-7-12/h6-9H,10-11H2,1-5H3. The summed E-state index contributed by atoms with van der Waals surface area (Å²) in [7, 11) is 3.12. The van der Waals surface area contributed by atoms with Gasteiger partial charge in [-0.2, -0.15) is 0 Å². The van der Waals surface area contributed by atoms with Gasteiger partial charge in [0.2, 0.25) is 0 Å². The van der Waals surface area contributed by atoms with Crippen molar-refractivity contribution in [1.82, 2.24) is 19.1 Å². The number of thioether (sulfide) groups is 1. The smallest absolute Gasteiger partial charge is 0.280 e. The highest BCUT2D eigenvalue weighted by Gasteiger charge is 2.20. The molecule has 2 heterocycles. The van der Waals surface area contributed by atoms with Crippen molar-refractivity contribution < 1.29 is 0 Å². The molecule has 0 aliphatic carbocycles. The fourth-order valence-corrected chi connectivity index (χ4v) is 4.12. The fraction of sp³-hybridized carbons (Fsp3) is 0.400. The fourth-order valence-electron chi connectivity index (χ4n) is 2.86. The van der Waals surface area contributed by atoms with Crippen LogP contribution in [-0.4, -0.2) is 19.1 Å². The van der Waals surface area contributed by atoms with Crippen LogP contribution in [0.2, 0.25) is 0 Å². The predicted molar refractivity (Wildman–Crippen MR) is 117 cm³/mol. The van der Waals surface area contributed by atoms with E-state index in [-0.39, 0.29) is 16.7 Å². The maximum absolute atomic E-state index is 12.8. The number of benzene rings is 1. The molecular formula is C20H23BrN4O2S. The summed E-state index contributed by atoms with van der Waals surface area (Å²) in [5.41, 5.74) is 0.750. The first kappa shape index (κ1) is 20.8. The minimum atomic E-state index is -0.387. The Kier molecular flexibility index (Phi) is 5.82. The molecule has 0 saturated carbocycles. The summed E-state index contributed by atoms with van der Waals surface area (Å²) < 4.78 is 3.55. The quantitative estimate of drug-likeness (QED) is 0.436. The third kappa shape index (κ3) is 4.38. The number of nitrogens with zero attached hydrogens (tertiary/aromatic N) is 4. The van der Waals surface area contributed by atoms with Gasteiger partial charge >= 0.3 is 5.69 Å². The number of hydrogen-bond acceptors (Lipinski definition) is 5. The Morgan fingerprint density at radius 2 is 1.68 bits per heavy atom. The van der Waals surface area contributed by atoms with Gasteiger partial charge in [0.1, 0.15) is 16.2 Å². The van der Waals surface area contributed by atoms with Crippen molar-refractivity contribution in [2.45, 2.75) is 38.0 Å². The third-order valence-corrected chi connectivity index (χ3v) is 5.87.